The van der Waals surface area contributed by atoms with Crippen LogP contribution in [0.1, 0.15) is 6.42 Å². The summed E-state index contributed by atoms with van der Waals surface area (Å²) in [6.45, 7) is 0.855. The molecule has 2 unspecified atom stereocenters. The van der Waals surface area contributed by atoms with Crippen LogP contribution in [0.4, 0.5) is 0 Å². The second-order valence-electron chi connectivity index (χ2n) is 2.07. The van der Waals surface area contributed by atoms with Gasteiger partial charge in [0.05, 0.1) is 0 Å². The molecule has 0 aromatic rings. The zero-order valence-electron chi connectivity index (χ0n) is 4.71. The molecule has 1 N–H and O–H groups in total. The van der Waals surface area contributed by atoms with Crippen LogP contribution in [0, 0.1) is 5.92 Å². The standard InChI is InChI=1S/C5H9BO2/c6-5-4(3-7)1-2-8-5/h4-5,7H,1-3H2. The van der Waals surface area contributed by atoms with E-state index in [2.05, 4.69) is 0 Å². The predicted octanol–water partition coefficient (Wildman–Crippen LogP) is -0.490. The minimum atomic E-state index is -0.222. The molecule has 0 amide bonds. The van der Waals surface area contributed by atoms with E-state index in [1.54, 1.807) is 0 Å². The van der Waals surface area contributed by atoms with Gasteiger partial charge in [-0.1, -0.05) is 0 Å². The van der Waals surface area contributed by atoms with Gasteiger partial charge in [-0.3, -0.25) is 0 Å². The molecule has 1 aliphatic heterocycles. The van der Waals surface area contributed by atoms with E-state index in [1.165, 1.54) is 0 Å². The van der Waals surface area contributed by atoms with Crippen LogP contribution < -0.4 is 0 Å². The third-order valence-electron chi connectivity index (χ3n) is 1.50. The van der Waals surface area contributed by atoms with Crippen molar-refractivity contribution in [1.82, 2.24) is 0 Å². The molecule has 0 aliphatic carbocycles. The normalized spacial score (nSPS) is 38.1. The van der Waals surface area contributed by atoms with Crippen molar-refractivity contribution in [3.63, 3.8) is 0 Å². The summed E-state index contributed by atoms with van der Waals surface area (Å²) in [5.74, 6) is 0.176. The first-order valence-corrected chi connectivity index (χ1v) is 2.82. The molecule has 0 saturated carbocycles. The summed E-state index contributed by atoms with van der Waals surface area (Å²) in [6.07, 6.45) is 0.900. The fourth-order valence-corrected chi connectivity index (χ4v) is 0.851. The lowest BCUT2D eigenvalue weighted by Gasteiger charge is -2.08. The van der Waals surface area contributed by atoms with Crippen LogP contribution in [-0.4, -0.2) is 32.2 Å². The van der Waals surface area contributed by atoms with Crippen molar-refractivity contribution >= 4 is 7.85 Å². The lowest BCUT2D eigenvalue weighted by Crippen LogP contribution is -2.18. The Balaban J connectivity index is 2.30. The molecular formula is C5H9BO2. The van der Waals surface area contributed by atoms with E-state index in [0.717, 1.165) is 6.42 Å². The molecule has 1 rings (SSSR count). The van der Waals surface area contributed by atoms with Gasteiger partial charge in [-0.25, -0.2) is 0 Å². The molecule has 8 heavy (non-hydrogen) atoms. The van der Waals surface area contributed by atoms with Crippen molar-refractivity contribution < 1.29 is 9.84 Å². The molecule has 2 atom stereocenters. The van der Waals surface area contributed by atoms with Gasteiger partial charge < -0.3 is 9.84 Å². The van der Waals surface area contributed by atoms with E-state index in [0.29, 0.717) is 6.61 Å². The number of aliphatic hydroxyl groups is 1. The first-order chi connectivity index (χ1) is 3.84. The Kier molecular flexibility index (Phi) is 1.92. The summed E-state index contributed by atoms with van der Waals surface area (Å²) >= 11 is 0. The summed E-state index contributed by atoms with van der Waals surface area (Å²) in [5.41, 5.74) is 0. The Labute approximate surface area is 50.3 Å². The Morgan fingerprint density at radius 2 is 2.50 bits per heavy atom. The zero-order valence-corrected chi connectivity index (χ0v) is 4.71. The summed E-state index contributed by atoms with van der Waals surface area (Å²) in [5, 5.41) is 8.58. The summed E-state index contributed by atoms with van der Waals surface area (Å²) < 4.78 is 4.97. The largest absolute Gasteiger partial charge is 0.396 e. The third kappa shape index (κ3) is 1.04. The van der Waals surface area contributed by atoms with Crippen molar-refractivity contribution in [3.05, 3.63) is 0 Å². The average Bonchev–Trinajstić information content (AvgIpc) is 2.14. The maximum absolute atomic E-state index is 8.58. The molecule has 0 aromatic carbocycles. The number of aliphatic hydroxyl groups excluding tert-OH is 1. The molecule has 1 fully saturated rings. The highest BCUT2D eigenvalue weighted by Crippen LogP contribution is 2.16. The second-order valence-corrected chi connectivity index (χ2v) is 2.07. The fourth-order valence-electron chi connectivity index (χ4n) is 0.851. The van der Waals surface area contributed by atoms with Gasteiger partial charge >= 0.3 is 0 Å². The van der Waals surface area contributed by atoms with E-state index in [4.69, 9.17) is 17.7 Å². The maximum atomic E-state index is 8.58. The lowest BCUT2D eigenvalue weighted by molar-refractivity contribution is 0.130. The summed E-state index contributed by atoms with van der Waals surface area (Å²) in [4.78, 5) is 0. The molecule has 2 nitrogen and oxygen atoms in total. The zero-order chi connectivity index (χ0) is 5.98. The number of hydrogen-bond acceptors (Lipinski definition) is 2. The van der Waals surface area contributed by atoms with Crippen molar-refractivity contribution in [2.24, 2.45) is 5.92 Å². The van der Waals surface area contributed by atoms with Crippen LogP contribution in [0.3, 0.4) is 0 Å². The number of hydrogen-bond donors (Lipinski definition) is 1. The van der Waals surface area contributed by atoms with Gasteiger partial charge in [0.15, 0.2) is 0 Å². The Bertz CT molecular complexity index is 76.8. The van der Waals surface area contributed by atoms with E-state index in [9.17, 15) is 0 Å². The Hall–Kier alpha value is -0.0151. The van der Waals surface area contributed by atoms with E-state index in [-0.39, 0.29) is 18.5 Å². The van der Waals surface area contributed by atoms with Gasteiger partial charge in [0, 0.05) is 25.1 Å². The smallest absolute Gasteiger partial charge is 0.109 e. The van der Waals surface area contributed by atoms with Gasteiger partial charge in [-0.15, -0.1) is 0 Å². The van der Waals surface area contributed by atoms with Gasteiger partial charge in [0.2, 0.25) is 0 Å². The van der Waals surface area contributed by atoms with Gasteiger partial charge in [-0.05, 0) is 6.42 Å². The van der Waals surface area contributed by atoms with Crippen molar-refractivity contribution in [3.8, 4) is 0 Å². The SMILES string of the molecule is [B]C1OCCC1CO. The molecular weight excluding hydrogens is 103 g/mol. The highest BCUT2D eigenvalue weighted by Gasteiger charge is 2.21. The molecule has 1 aliphatic rings. The second kappa shape index (κ2) is 2.51. The highest BCUT2D eigenvalue weighted by atomic mass is 16.5. The van der Waals surface area contributed by atoms with Gasteiger partial charge in [0.25, 0.3) is 0 Å². The van der Waals surface area contributed by atoms with Gasteiger partial charge in [-0.2, -0.15) is 0 Å². The Morgan fingerprint density at radius 1 is 1.75 bits per heavy atom. The van der Waals surface area contributed by atoms with Crippen molar-refractivity contribution in [2.45, 2.75) is 12.4 Å². The number of ether oxygens (including phenoxy) is 1. The van der Waals surface area contributed by atoms with Crippen LogP contribution >= 0.6 is 0 Å². The first kappa shape index (κ1) is 6.11. The number of rotatable bonds is 1. The fraction of sp³-hybridized carbons (Fsp3) is 1.00. The molecule has 3 heteroatoms. The molecule has 0 aromatic heterocycles. The average molecular weight is 112 g/mol. The summed E-state index contributed by atoms with van der Waals surface area (Å²) in [6, 6.07) is -0.222. The lowest BCUT2D eigenvalue weighted by atomic mass is 9.88. The van der Waals surface area contributed by atoms with E-state index < -0.39 is 0 Å². The highest BCUT2D eigenvalue weighted by molar-refractivity contribution is 6.11. The van der Waals surface area contributed by atoms with Crippen molar-refractivity contribution in [1.29, 1.82) is 0 Å². The van der Waals surface area contributed by atoms with Crippen LogP contribution in [0.15, 0.2) is 0 Å². The van der Waals surface area contributed by atoms with Crippen LogP contribution in [0.2, 0.25) is 0 Å². The minimum Gasteiger partial charge on any atom is -0.396 e. The van der Waals surface area contributed by atoms with Crippen LogP contribution in [0.25, 0.3) is 0 Å². The molecule has 0 bridgehead atoms. The maximum Gasteiger partial charge on any atom is 0.109 e. The predicted molar refractivity (Wildman–Crippen MR) is 30.7 cm³/mol. The van der Waals surface area contributed by atoms with Gasteiger partial charge in [0.1, 0.15) is 7.85 Å². The monoisotopic (exact) mass is 112 g/mol. The van der Waals surface area contributed by atoms with E-state index >= 15 is 0 Å². The summed E-state index contributed by atoms with van der Waals surface area (Å²) in [7, 11) is 5.41. The molecule has 1 heterocycles. The third-order valence-corrected chi connectivity index (χ3v) is 1.50. The topological polar surface area (TPSA) is 29.5 Å². The molecule has 2 radical (unpaired) electrons. The Morgan fingerprint density at radius 3 is 2.75 bits per heavy atom. The van der Waals surface area contributed by atoms with Crippen LogP contribution in [0.5, 0.6) is 0 Å². The molecule has 44 valence electrons. The first-order valence-electron chi connectivity index (χ1n) is 2.82. The molecule has 1 saturated heterocycles. The van der Waals surface area contributed by atoms with Crippen molar-refractivity contribution in [2.75, 3.05) is 13.2 Å². The molecule has 0 spiro atoms. The quantitative estimate of drug-likeness (QED) is 0.463. The van der Waals surface area contributed by atoms with Crippen LogP contribution in [-0.2, 0) is 4.74 Å². The minimum absolute atomic E-state index is 0.154. The van der Waals surface area contributed by atoms with E-state index in [1.807, 2.05) is 0 Å².